The number of pyridine rings is 1. The molecule has 2 rings (SSSR count). The number of carbonyl (C=O) groups is 2. The molecular formula is C18H24N4O3. The van der Waals surface area contributed by atoms with Gasteiger partial charge in [-0.1, -0.05) is 19.9 Å². The number of ether oxygens (including phenoxy) is 1. The third kappa shape index (κ3) is 4.04. The van der Waals surface area contributed by atoms with Crippen LogP contribution in [0.1, 0.15) is 36.8 Å². The Morgan fingerprint density at radius 1 is 1.32 bits per heavy atom. The van der Waals surface area contributed by atoms with Crippen molar-refractivity contribution < 1.29 is 14.3 Å². The van der Waals surface area contributed by atoms with Gasteiger partial charge in [0, 0.05) is 19.3 Å². The summed E-state index contributed by atoms with van der Waals surface area (Å²) in [5.41, 5.74) is 1.33. The average Bonchev–Trinajstić information content (AvgIpc) is 3.09. The van der Waals surface area contributed by atoms with Crippen LogP contribution in [0.5, 0.6) is 0 Å². The van der Waals surface area contributed by atoms with Gasteiger partial charge in [0.25, 0.3) is 5.91 Å². The van der Waals surface area contributed by atoms with Crippen molar-refractivity contribution in [1.82, 2.24) is 19.7 Å². The monoisotopic (exact) mass is 344 g/mol. The number of hydrogen-bond donors (Lipinski definition) is 0. The maximum absolute atomic E-state index is 12.9. The highest BCUT2D eigenvalue weighted by Crippen LogP contribution is 2.17. The second-order valence-electron chi connectivity index (χ2n) is 5.73. The summed E-state index contributed by atoms with van der Waals surface area (Å²) < 4.78 is 6.43. The van der Waals surface area contributed by atoms with E-state index >= 15 is 0 Å². The second-order valence-corrected chi connectivity index (χ2v) is 5.73. The van der Waals surface area contributed by atoms with Crippen LogP contribution >= 0.6 is 0 Å². The number of rotatable bonds is 7. The Balaban J connectivity index is 2.29. The van der Waals surface area contributed by atoms with E-state index < -0.39 is 0 Å². The zero-order valence-electron chi connectivity index (χ0n) is 15.1. The molecule has 0 fully saturated rings. The largest absolute Gasteiger partial charge is 0.469 e. The van der Waals surface area contributed by atoms with Gasteiger partial charge in [0.05, 0.1) is 30.5 Å². The van der Waals surface area contributed by atoms with Gasteiger partial charge >= 0.3 is 5.97 Å². The lowest BCUT2D eigenvalue weighted by Gasteiger charge is -2.23. The number of carbonyl (C=O) groups excluding carboxylic acids is 2. The molecule has 2 heterocycles. The van der Waals surface area contributed by atoms with Crippen molar-refractivity contribution >= 4 is 11.9 Å². The van der Waals surface area contributed by atoms with Gasteiger partial charge < -0.3 is 9.64 Å². The molecule has 0 radical (unpaired) electrons. The van der Waals surface area contributed by atoms with Gasteiger partial charge in [0.1, 0.15) is 0 Å². The van der Waals surface area contributed by atoms with Crippen LogP contribution in [0.3, 0.4) is 0 Å². The van der Waals surface area contributed by atoms with Crippen LogP contribution in [0.4, 0.5) is 0 Å². The lowest BCUT2D eigenvalue weighted by atomic mass is 10.1. The summed E-state index contributed by atoms with van der Waals surface area (Å²) in [5, 5.41) is 4.34. The smallest absolute Gasteiger partial charge is 0.310 e. The summed E-state index contributed by atoms with van der Waals surface area (Å²) in [7, 11) is 1.35. The number of aromatic nitrogens is 3. The quantitative estimate of drug-likeness (QED) is 0.719. The Labute approximate surface area is 147 Å². The SMILES string of the molecule is CCc1c(C(=O)N(CC)C[C@@H](C)C(=O)OC)cnn1-c1ccccn1. The van der Waals surface area contributed by atoms with Gasteiger partial charge in [0.2, 0.25) is 0 Å². The summed E-state index contributed by atoms with van der Waals surface area (Å²) in [6.45, 7) is 6.41. The number of amides is 1. The van der Waals surface area contributed by atoms with Crippen molar-refractivity contribution in [3.8, 4) is 5.82 Å². The fourth-order valence-electron chi connectivity index (χ4n) is 2.70. The molecule has 7 nitrogen and oxygen atoms in total. The molecule has 0 bridgehead atoms. The Morgan fingerprint density at radius 3 is 2.64 bits per heavy atom. The summed E-state index contributed by atoms with van der Waals surface area (Å²) >= 11 is 0. The molecule has 0 aliphatic carbocycles. The summed E-state index contributed by atoms with van der Waals surface area (Å²) in [6, 6.07) is 5.55. The van der Waals surface area contributed by atoms with Crippen LogP contribution in [0.25, 0.3) is 5.82 Å². The van der Waals surface area contributed by atoms with E-state index in [1.807, 2.05) is 32.0 Å². The van der Waals surface area contributed by atoms with E-state index in [4.69, 9.17) is 4.74 Å². The molecule has 25 heavy (non-hydrogen) atoms. The van der Waals surface area contributed by atoms with Crippen LogP contribution in [0.15, 0.2) is 30.6 Å². The minimum absolute atomic E-state index is 0.141. The third-order valence-electron chi connectivity index (χ3n) is 4.07. The first-order valence-electron chi connectivity index (χ1n) is 8.38. The molecule has 0 unspecified atom stereocenters. The van der Waals surface area contributed by atoms with Crippen molar-refractivity contribution in [2.75, 3.05) is 20.2 Å². The molecular weight excluding hydrogens is 320 g/mol. The molecule has 0 saturated heterocycles. The first kappa shape index (κ1) is 18.6. The molecule has 0 aliphatic rings. The van der Waals surface area contributed by atoms with Crippen molar-refractivity contribution in [2.24, 2.45) is 5.92 Å². The van der Waals surface area contributed by atoms with Crippen LogP contribution in [0.2, 0.25) is 0 Å². The van der Waals surface area contributed by atoms with Gasteiger partial charge in [-0.05, 0) is 25.5 Å². The molecule has 0 saturated carbocycles. The van der Waals surface area contributed by atoms with E-state index in [1.54, 1.807) is 28.9 Å². The highest BCUT2D eigenvalue weighted by Gasteiger charge is 2.25. The van der Waals surface area contributed by atoms with Crippen molar-refractivity contribution in [1.29, 1.82) is 0 Å². The van der Waals surface area contributed by atoms with E-state index in [1.165, 1.54) is 7.11 Å². The van der Waals surface area contributed by atoms with Crippen molar-refractivity contribution in [3.05, 3.63) is 41.9 Å². The van der Waals surface area contributed by atoms with E-state index in [2.05, 4.69) is 10.1 Å². The average molecular weight is 344 g/mol. The minimum Gasteiger partial charge on any atom is -0.469 e. The first-order valence-corrected chi connectivity index (χ1v) is 8.38. The number of hydrogen-bond acceptors (Lipinski definition) is 5. The number of methoxy groups -OCH3 is 1. The Kier molecular flexibility index (Phi) is 6.27. The predicted molar refractivity (Wildman–Crippen MR) is 93.5 cm³/mol. The lowest BCUT2D eigenvalue weighted by molar-refractivity contribution is -0.145. The normalized spacial score (nSPS) is 11.8. The lowest BCUT2D eigenvalue weighted by Crippen LogP contribution is -2.37. The number of nitrogens with zero attached hydrogens (tertiary/aromatic N) is 4. The van der Waals surface area contributed by atoms with E-state index in [-0.39, 0.29) is 17.8 Å². The molecule has 2 aromatic rings. The Bertz CT molecular complexity index is 727. The summed E-state index contributed by atoms with van der Waals surface area (Å²) in [5.74, 6) is -0.183. The first-order chi connectivity index (χ1) is 12.0. The van der Waals surface area contributed by atoms with E-state index in [9.17, 15) is 9.59 Å². The predicted octanol–water partition coefficient (Wildman–Crippen LogP) is 2.10. The standard InChI is InChI=1S/C18H24N4O3/c1-5-15-14(11-20-22(15)16-9-7-8-10-19-16)17(23)21(6-2)12-13(3)18(24)25-4/h7-11,13H,5-6,12H2,1-4H3/t13-/m1/s1. The molecule has 0 N–H and O–H groups in total. The fourth-order valence-corrected chi connectivity index (χ4v) is 2.70. The van der Waals surface area contributed by atoms with Crippen LogP contribution in [-0.2, 0) is 16.0 Å². The molecule has 134 valence electrons. The van der Waals surface area contributed by atoms with Crippen molar-refractivity contribution in [3.63, 3.8) is 0 Å². The minimum atomic E-state index is -0.384. The van der Waals surface area contributed by atoms with E-state index in [0.29, 0.717) is 30.9 Å². The maximum Gasteiger partial charge on any atom is 0.310 e. The van der Waals surface area contributed by atoms with Gasteiger partial charge in [-0.25, -0.2) is 9.67 Å². The fraction of sp³-hybridized carbons (Fsp3) is 0.444. The highest BCUT2D eigenvalue weighted by atomic mass is 16.5. The van der Waals surface area contributed by atoms with Gasteiger partial charge in [-0.3, -0.25) is 9.59 Å². The molecule has 1 atom stereocenters. The maximum atomic E-state index is 12.9. The molecule has 0 spiro atoms. The molecule has 7 heteroatoms. The Morgan fingerprint density at radius 2 is 2.08 bits per heavy atom. The zero-order chi connectivity index (χ0) is 18.4. The zero-order valence-corrected chi connectivity index (χ0v) is 15.1. The summed E-state index contributed by atoms with van der Waals surface area (Å²) in [6.07, 6.45) is 3.90. The molecule has 2 aromatic heterocycles. The van der Waals surface area contributed by atoms with Gasteiger partial charge in [-0.15, -0.1) is 0 Å². The van der Waals surface area contributed by atoms with Gasteiger partial charge in [-0.2, -0.15) is 5.10 Å². The molecule has 0 aliphatic heterocycles. The summed E-state index contributed by atoms with van der Waals surface area (Å²) in [4.78, 5) is 30.5. The molecule has 0 aromatic carbocycles. The third-order valence-corrected chi connectivity index (χ3v) is 4.07. The van der Waals surface area contributed by atoms with Crippen LogP contribution in [0, 0.1) is 5.92 Å². The Hall–Kier alpha value is -2.70. The van der Waals surface area contributed by atoms with Gasteiger partial charge in [0.15, 0.2) is 5.82 Å². The van der Waals surface area contributed by atoms with Crippen molar-refractivity contribution in [2.45, 2.75) is 27.2 Å². The van der Waals surface area contributed by atoms with Crippen LogP contribution in [-0.4, -0.2) is 51.7 Å². The molecule has 1 amide bonds. The number of esters is 1. The highest BCUT2D eigenvalue weighted by molar-refractivity contribution is 5.95. The second kappa shape index (κ2) is 8.41. The van der Waals surface area contributed by atoms with E-state index in [0.717, 1.165) is 5.69 Å². The van der Waals surface area contributed by atoms with Crippen LogP contribution < -0.4 is 0 Å². The topological polar surface area (TPSA) is 77.3 Å².